The lowest BCUT2D eigenvalue weighted by molar-refractivity contribution is -0.870. The summed E-state index contributed by atoms with van der Waals surface area (Å²) in [5.41, 5.74) is 1.01. The minimum Gasteiger partial charge on any atom is -0.460 e. The fourth-order valence-electron chi connectivity index (χ4n) is 2.20. The van der Waals surface area contributed by atoms with Gasteiger partial charge in [-0.15, -0.1) is 0 Å². The van der Waals surface area contributed by atoms with E-state index in [1.807, 2.05) is 30.3 Å². The SMILES string of the molecule is C[N+](C)(C)CCCNCc1ccc(-c2ccc(Cl)cc2Br)o1. The second-order valence-electron chi connectivity index (χ2n) is 6.43. The van der Waals surface area contributed by atoms with Crippen LogP contribution in [-0.2, 0) is 6.54 Å². The van der Waals surface area contributed by atoms with Crippen LogP contribution in [0.15, 0.2) is 39.2 Å². The van der Waals surface area contributed by atoms with Crippen LogP contribution in [0.1, 0.15) is 12.2 Å². The summed E-state index contributed by atoms with van der Waals surface area (Å²) in [5.74, 6) is 1.80. The zero-order valence-corrected chi connectivity index (χ0v) is 15.7. The largest absolute Gasteiger partial charge is 0.460 e. The molecule has 2 aromatic rings. The second kappa shape index (κ2) is 7.64. The highest BCUT2D eigenvalue weighted by molar-refractivity contribution is 9.10. The first-order valence-corrected chi connectivity index (χ1v) is 8.57. The molecule has 0 radical (unpaired) electrons. The first-order valence-electron chi connectivity index (χ1n) is 7.40. The maximum absolute atomic E-state index is 5.97. The van der Waals surface area contributed by atoms with Gasteiger partial charge in [0.15, 0.2) is 0 Å². The predicted molar refractivity (Wildman–Crippen MR) is 96.1 cm³/mol. The molecule has 0 saturated heterocycles. The molecule has 0 spiro atoms. The number of halogens is 2. The number of benzene rings is 1. The van der Waals surface area contributed by atoms with Crippen LogP contribution in [0.4, 0.5) is 0 Å². The van der Waals surface area contributed by atoms with Gasteiger partial charge >= 0.3 is 0 Å². The van der Waals surface area contributed by atoms with E-state index in [1.54, 1.807) is 0 Å². The maximum Gasteiger partial charge on any atom is 0.135 e. The van der Waals surface area contributed by atoms with Crippen LogP contribution >= 0.6 is 27.5 Å². The minimum absolute atomic E-state index is 0.710. The summed E-state index contributed by atoms with van der Waals surface area (Å²) in [6, 6.07) is 9.72. The van der Waals surface area contributed by atoms with Crippen LogP contribution < -0.4 is 5.32 Å². The molecule has 120 valence electrons. The molecular weight excluding hydrogens is 364 g/mol. The molecule has 1 aromatic heterocycles. The standard InChI is InChI=1S/C17H23BrClN2O/c1-21(2,3)10-4-9-20-12-14-6-8-17(22-14)15-7-5-13(19)11-16(15)18/h5-8,11,20H,4,9-10,12H2,1-3H3/q+1. The summed E-state index contributed by atoms with van der Waals surface area (Å²) in [4.78, 5) is 0. The average molecular weight is 387 g/mol. The zero-order chi connectivity index (χ0) is 16.2. The van der Waals surface area contributed by atoms with Crippen LogP contribution in [0, 0.1) is 0 Å². The molecule has 0 bridgehead atoms. The van der Waals surface area contributed by atoms with Gasteiger partial charge in [0.1, 0.15) is 11.5 Å². The molecule has 0 atom stereocenters. The van der Waals surface area contributed by atoms with Crippen LogP contribution in [0.25, 0.3) is 11.3 Å². The Labute approximate surface area is 146 Å². The summed E-state index contributed by atoms with van der Waals surface area (Å²) >= 11 is 9.49. The Morgan fingerprint density at radius 1 is 1.18 bits per heavy atom. The van der Waals surface area contributed by atoms with E-state index >= 15 is 0 Å². The minimum atomic E-state index is 0.710. The fourth-order valence-corrected chi connectivity index (χ4v) is 3.08. The number of nitrogens with zero attached hydrogens (tertiary/aromatic N) is 1. The Kier molecular flexibility index (Phi) is 6.09. The zero-order valence-electron chi connectivity index (χ0n) is 13.3. The topological polar surface area (TPSA) is 25.2 Å². The van der Waals surface area contributed by atoms with Crippen LogP contribution in [-0.4, -0.2) is 38.7 Å². The second-order valence-corrected chi connectivity index (χ2v) is 7.73. The predicted octanol–water partition coefficient (Wildman–Crippen LogP) is 4.55. The number of quaternary nitrogens is 1. The Hall–Kier alpha value is -0.810. The van der Waals surface area contributed by atoms with Crippen molar-refractivity contribution < 1.29 is 8.90 Å². The molecule has 0 aliphatic heterocycles. The van der Waals surface area contributed by atoms with Gasteiger partial charge < -0.3 is 14.2 Å². The van der Waals surface area contributed by atoms with Crippen molar-refractivity contribution in [2.45, 2.75) is 13.0 Å². The van der Waals surface area contributed by atoms with Gasteiger partial charge in [-0.05, 0) is 46.3 Å². The first kappa shape index (κ1) is 17.5. The van der Waals surface area contributed by atoms with E-state index in [-0.39, 0.29) is 0 Å². The smallest absolute Gasteiger partial charge is 0.135 e. The molecule has 0 fully saturated rings. The third-order valence-electron chi connectivity index (χ3n) is 3.34. The Balaban J connectivity index is 1.86. The molecule has 22 heavy (non-hydrogen) atoms. The van der Waals surface area contributed by atoms with E-state index in [2.05, 4.69) is 42.4 Å². The van der Waals surface area contributed by atoms with Crippen molar-refractivity contribution >= 4 is 27.5 Å². The van der Waals surface area contributed by atoms with E-state index < -0.39 is 0 Å². The van der Waals surface area contributed by atoms with Crippen molar-refractivity contribution in [1.29, 1.82) is 0 Å². The van der Waals surface area contributed by atoms with Crippen LogP contribution in [0.2, 0.25) is 5.02 Å². The van der Waals surface area contributed by atoms with E-state index in [9.17, 15) is 0 Å². The van der Waals surface area contributed by atoms with E-state index in [1.165, 1.54) is 0 Å². The summed E-state index contributed by atoms with van der Waals surface area (Å²) < 4.78 is 7.84. The van der Waals surface area contributed by atoms with Crippen molar-refractivity contribution in [1.82, 2.24) is 5.32 Å². The van der Waals surface area contributed by atoms with Gasteiger partial charge in [0.25, 0.3) is 0 Å². The van der Waals surface area contributed by atoms with Crippen molar-refractivity contribution in [3.8, 4) is 11.3 Å². The monoisotopic (exact) mass is 385 g/mol. The van der Waals surface area contributed by atoms with Crippen molar-refractivity contribution in [2.75, 3.05) is 34.2 Å². The lowest BCUT2D eigenvalue weighted by atomic mass is 10.2. The molecule has 0 unspecified atom stereocenters. The van der Waals surface area contributed by atoms with Gasteiger partial charge in [-0.2, -0.15) is 0 Å². The van der Waals surface area contributed by atoms with Crippen LogP contribution in [0.3, 0.4) is 0 Å². The summed E-state index contributed by atoms with van der Waals surface area (Å²) in [7, 11) is 6.63. The van der Waals surface area contributed by atoms with Crippen LogP contribution in [0.5, 0.6) is 0 Å². The van der Waals surface area contributed by atoms with Crippen molar-refractivity contribution in [3.05, 3.63) is 45.6 Å². The molecule has 2 rings (SSSR count). The molecule has 1 aromatic carbocycles. The van der Waals surface area contributed by atoms with Gasteiger partial charge in [0, 0.05) is 28.0 Å². The van der Waals surface area contributed by atoms with Crippen molar-refractivity contribution in [3.63, 3.8) is 0 Å². The van der Waals surface area contributed by atoms with Gasteiger partial charge in [-0.25, -0.2) is 0 Å². The molecule has 1 N–H and O–H groups in total. The highest BCUT2D eigenvalue weighted by Crippen LogP contribution is 2.31. The third-order valence-corrected chi connectivity index (χ3v) is 4.23. The van der Waals surface area contributed by atoms with Gasteiger partial charge in [0.05, 0.1) is 34.2 Å². The Bertz CT molecular complexity index is 619. The molecule has 0 aliphatic carbocycles. The fraction of sp³-hybridized carbons (Fsp3) is 0.412. The van der Waals surface area contributed by atoms with Crippen molar-refractivity contribution in [2.24, 2.45) is 0 Å². The molecule has 5 heteroatoms. The lowest BCUT2D eigenvalue weighted by Gasteiger charge is -2.23. The number of furan rings is 1. The maximum atomic E-state index is 5.97. The number of nitrogens with one attached hydrogen (secondary N) is 1. The molecule has 1 heterocycles. The van der Waals surface area contributed by atoms with E-state index in [4.69, 9.17) is 16.0 Å². The lowest BCUT2D eigenvalue weighted by Crippen LogP contribution is -2.36. The summed E-state index contributed by atoms with van der Waals surface area (Å²) in [6.07, 6.45) is 1.15. The summed E-state index contributed by atoms with van der Waals surface area (Å²) in [6.45, 7) is 2.91. The summed E-state index contributed by atoms with van der Waals surface area (Å²) in [5, 5.41) is 4.14. The quantitative estimate of drug-likeness (QED) is 0.558. The first-order chi connectivity index (χ1) is 10.3. The number of rotatable bonds is 7. The molecule has 3 nitrogen and oxygen atoms in total. The Morgan fingerprint density at radius 3 is 2.64 bits per heavy atom. The van der Waals surface area contributed by atoms with Gasteiger partial charge in [0.2, 0.25) is 0 Å². The normalized spacial score (nSPS) is 11.9. The molecular formula is C17H23BrClN2O+. The average Bonchev–Trinajstić information content (AvgIpc) is 2.85. The Morgan fingerprint density at radius 2 is 1.95 bits per heavy atom. The number of hydrogen-bond donors (Lipinski definition) is 1. The van der Waals surface area contributed by atoms with Gasteiger partial charge in [-0.3, -0.25) is 0 Å². The van der Waals surface area contributed by atoms with Gasteiger partial charge in [-0.1, -0.05) is 11.6 Å². The number of hydrogen-bond acceptors (Lipinski definition) is 2. The molecule has 0 aliphatic rings. The highest BCUT2D eigenvalue weighted by atomic mass is 79.9. The third kappa shape index (κ3) is 5.43. The molecule has 0 saturated carbocycles. The van der Waals surface area contributed by atoms with E-state index in [0.717, 1.165) is 52.1 Å². The van der Waals surface area contributed by atoms with E-state index in [0.29, 0.717) is 5.02 Å². The highest BCUT2D eigenvalue weighted by Gasteiger charge is 2.09. The molecule has 0 amide bonds.